The molecule has 0 radical (unpaired) electrons. The molecule has 0 saturated carbocycles. The van der Waals surface area contributed by atoms with Crippen LogP contribution in [-0.4, -0.2) is 35.5 Å². The van der Waals surface area contributed by atoms with E-state index >= 15 is 0 Å². The SMILES string of the molecule is CC(C)(C)OC(=O)N1CCC2=CC(=O)CC2CC1. The molecule has 1 saturated heterocycles. The molecule has 1 fully saturated rings. The molecule has 4 nitrogen and oxygen atoms in total. The van der Waals surface area contributed by atoms with Crippen molar-refractivity contribution in [2.24, 2.45) is 5.92 Å². The number of ketones is 1. The Balaban J connectivity index is 1.96. The second-order valence-electron chi connectivity index (χ2n) is 6.09. The van der Waals surface area contributed by atoms with E-state index in [1.54, 1.807) is 11.0 Å². The lowest BCUT2D eigenvalue weighted by Crippen LogP contribution is -2.37. The zero-order valence-corrected chi connectivity index (χ0v) is 11.4. The minimum Gasteiger partial charge on any atom is -0.444 e. The normalized spacial score (nSPS) is 24.4. The molecule has 1 aliphatic heterocycles. The van der Waals surface area contributed by atoms with E-state index in [0.29, 0.717) is 25.4 Å². The van der Waals surface area contributed by atoms with Crippen LogP contribution in [0, 0.1) is 5.92 Å². The van der Waals surface area contributed by atoms with Crippen LogP contribution in [0.15, 0.2) is 11.6 Å². The largest absolute Gasteiger partial charge is 0.444 e. The number of nitrogens with zero attached hydrogens (tertiary/aromatic N) is 1. The van der Waals surface area contributed by atoms with Gasteiger partial charge in [-0.2, -0.15) is 0 Å². The summed E-state index contributed by atoms with van der Waals surface area (Å²) in [4.78, 5) is 25.1. The summed E-state index contributed by atoms with van der Waals surface area (Å²) in [6, 6.07) is 0. The first-order chi connectivity index (χ1) is 8.35. The van der Waals surface area contributed by atoms with Gasteiger partial charge in [-0.3, -0.25) is 4.79 Å². The fourth-order valence-corrected chi connectivity index (χ4v) is 2.52. The quantitative estimate of drug-likeness (QED) is 0.664. The van der Waals surface area contributed by atoms with Crippen molar-refractivity contribution in [3.05, 3.63) is 11.6 Å². The van der Waals surface area contributed by atoms with Crippen LogP contribution in [0.4, 0.5) is 4.79 Å². The lowest BCUT2D eigenvalue weighted by atomic mass is 9.97. The number of rotatable bonds is 0. The molecule has 0 aromatic rings. The highest BCUT2D eigenvalue weighted by Crippen LogP contribution is 2.32. The third-order valence-corrected chi connectivity index (χ3v) is 3.39. The maximum atomic E-state index is 12.0. The second-order valence-corrected chi connectivity index (χ2v) is 6.09. The Morgan fingerprint density at radius 3 is 2.78 bits per heavy atom. The van der Waals surface area contributed by atoms with Crippen LogP contribution in [0.3, 0.4) is 0 Å². The van der Waals surface area contributed by atoms with Crippen LogP contribution < -0.4 is 0 Å². The molecule has 0 spiro atoms. The van der Waals surface area contributed by atoms with Crippen molar-refractivity contribution in [1.82, 2.24) is 4.90 Å². The molecule has 2 aliphatic rings. The smallest absolute Gasteiger partial charge is 0.410 e. The average molecular weight is 251 g/mol. The maximum Gasteiger partial charge on any atom is 0.410 e. The number of amides is 1. The lowest BCUT2D eigenvalue weighted by molar-refractivity contribution is -0.114. The number of carbonyl (C=O) groups excluding carboxylic acids is 2. The van der Waals surface area contributed by atoms with Crippen LogP contribution in [0.5, 0.6) is 0 Å². The molecule has 0 aromatic carbocycles. The van der Waals surface area contributed by atoms with Crippen LogP contribution in [0.25, 0.3) is 0 Å². The van der Waals surface area contributed by atoms with E-state index in [2.05, 4.69) is 0 Å². The molecule has 0 bridgehead atoms. The van der Waals surface area contributed by atoms with Crippen LogP contribution in [-0.2, 0) is 9.53 Å². The molecule has 0 N–H and O–H groups in total. The van der Waals surface area contributed by atoms with Crippen molar-refractivity contribution in [3.63, 3.8) is 0 Å². The summed E-state index contributed by atoms with van der Waals surface area (Å²) in [5.74, 6) is 0.589. The standard InChI is InChI=1S/C14H21NO3/c1-14(2,3)18-13(17)15-6-4-10-8-12(16)9-11(10)5-7-15/h8,11H,4-7,9H2,1-3H3. The molecule has 1 heterocycles. The van der Waals surface area contributed by atoms with Crippen LogP contribution >= 0.6 is 0 Å². The first-order valence-corrected chi connectivity index (χ1v) is 6.56. The Bertz CT molecular complexity index is 392. The van der Waals surface area contributed by atoms with Gasteiger partial charge in [0.1, 0.15) is 5.60 Å². The molecular formula is C14H21NO3. The van der Waals surface area contributed by atoms with E-state index in [4.69, 9.17) is 4.74 Å². The first kappa shape index (κ1) is 13.1. The number of allylic oxidation sites excluding steroid dienone is 1. The van der Waals surface area contributed by atoms with Gasteiger partial charge in [0, 0.05) is 19.5 Å². The molecular weight excluding hydrogens is 230 g/mol. The summed E-state index contributed by atoms with van der Waals surface area (Å²) >= 11 is 0. The minimum atomic E-state index is -0.450. The molecule has 4 heteroatoms. The summed E-state index contributed by atoms with van der Waals surface area (Å²) in [6.07, 6.45) is 3.82. The van der Waals surface area contributed by atoms with Crippen LogP contribution in [0.1, 0.15) is 40.0 Å². The zero-order valence-electron chi connectivity index (χ0n) is 11.4. The van der Waals surface area contributed by atoms with Crippen molar-refractivity contribution < 1.29 is 14.3 Å². The Hall–Kier alpha value is -1.32. The zero-order chi connectivity index (χ0) is 13.3. The highest BCUT2D eigenvalue weighted by Gasteiger charge is 2.30. The monoisotopic (exact) mass is 251 g/mol. The molecule has 1 amide bonds. The molecule has 1 unspecified atom stereocenters. The molecule has 1 aliphatic carbocycles. The van der Waals surface area contributed by atoms with E-state index in [-0.39, 0.29) is 11.9 Å². The molecule has 100 valence electrons. The summed E-state index contributed by atoms with van der Waals surface area (Å²) in [6.45, 7) is 6.96. The van der Waals surface area contributed by atoms with E-state index in [1.807, 2.05) is 20.8 Å². The van der Waals surface area contributed by atoms with Gasteiger partial charge in [-0.15, -0.1) is 0 Å². The first-order valence-electron chi connectivity index (χ1n) is 6.56. The van der Waals surface area contributed by atoms with Gasteiger partial charge >= 0.3 is 6.09 Å². The number of fused-ring (bicyclic) bond motifs is 1. The Morgan fingerprint density at radius 2 is 2.11 bits per heavy atom. The molecule has 0 aromatic heterocycles. The van der Waals surface area contributed by atoms with Gasteiger partial charge in [-0.05, 0) is 45.6 Å². The van der Waals surface area contributed by atoms with Gasteiger partial charge < -0.3 is 9.64 Å². The van der Waals surface area contributed by atoms with E-state index in [0.717, 1.165) is 12.8 Å². The predicted octanol–water partition coefficient (Wildman–Crippen LogP) is 2.53. The fraction of sp³-hybridized carbons (Fsp3) is 0.714. The number of hydrogen-bond acceptors (Lipinski definition) is 3. The van der Waals surface area contributed by atoms with Gasteiger partial charge in [-0.1, -0.05) is 5.57 Å². The highest BCUT2D eigenvalue weighted by atomic mass is 16.6. The van der Waals surface area contributed by atoms with E-state index in [1.165, 1.54) is 5.57 Å². The van der Waals surface area contributed by atoms with Crippen molar-refractivity contribution in [2.45, 2.75) is 45.6 Å². The average Bonchev–Trinajstić information content (AvgIpc) is 2.45. The van der Waals surface area contributed by atoms with Crippen molar-refractivity contribution in [3.8, 4) is 0 Å². The molecule has 18 heavy (non-hydrogen) atoms. The number of likely N-dealkylation sites (tertiary alicyclic amines) is 1. The topological polar surface area (TPSA) is 46.6 Å². The van der Waals surface area contributed by atoms with E-state index in [9.17, 15) is 9.59 Å². The minimum absolute atomic E-state index is 0.237. The van der Waals surface area contributed by atoms with Crippen LogP contribution in [0.2, 0.25) is 0 Å². The molecule has 2 rings (SSSR count). The van der Waals surface area contributed by atoms with Gasteiger partial charge in [-0.25, -0.2) is 4.79 Å². The maximum absolute atomic E-state index is 12.0. The van der Waals surface area contributed by atoms with Crippen molar-refractivity contribution in [2.75, 3.05) is 13.1 Å². The highest BCUT2D eigenvalue weighted by molar-refractivity contribution is 5.93. The summed E-state index contributed by atoms with van der Waals surface area (Å²) in [5.41, 5.74) is 0.764. The Kier molecular flexibility index (Phi) is 3.46. The third-order valence-electron chi connectivity index (χ3n) is 3.39. The molecule has 1 atom stereocenters. The number of hydrogen-bond donors (Lipinski definition) is 0. The Morgan fingerprint density at radius 1 is 1.39 bits per heavy atom. The van der Waals surface area contributed by atoms with Gasteiger partial charge in [0.25, 0.3) is 0 Å². The fourth-order valence-electron chi connectivity index (χ4n) is 2.52. The van der Waals surface area contributed by atoms with Gasteiger partial charge in [0.2, 0.25) is 0 Å². The lowest BCUT2D eigenvalue weighted by Gasteiger charge is -2.26. The summed E-state index contributed by atoms with van der Waals surface area (Å²) in [7, 11) is 0. The number of carbonyl (C=O) groups is 2. The predicted molar refractivity (Wildman–Crippen MR) is 68.2 cm³/mol. The Labute approximate surface area is 108 Å². The summed E-state index contributed by atoms with van der Waals surface area (Å²) < 4.78 is 5.38. The van der Waals surface area contributed by atoms with Crippen molar-refractivity contribution in [1.29, 1.82) is 0 Å². The third kappa shape index (κ3) is 3.12. The number of ether oxygens (including phenoxy) is 1. The van der Waals surface area contributed by atoms with Gasteiger partial charge in [0.05, 0.1) is 0 Å². The van der Waals surface area contributed by atoms with Gasteiger partial charge in [0.15, 0.2) is 5.78 Å². The summed E-state index contributed by atoms with van der Waals surface area (Å²) in [5, 5.41) is 0. The van der Waals surface area contributed by atoms with E-state index < -0.39 is 5.60 Å². The second kappa shape index (κ2) is 4.75. The van der Waals surface area contributed by atoms with Crippen molar-refractivity contribution >= 4 is 11.9 Å².